The van der Waals surface area contributed by atoms with E-state index in [2.05, 4.69) is 9.73 Å². The normalized spacial score (nSPS) is 10.0. The first kappa shape index (κ1) is 22.7. The third-order valence-electron chi connectivity index (χ3n) is 2.92. The summed E-state index contributed by atoms with van der Waals surface area (Å²) in [6.07, 6.45) is 0.839. The lowest BCUT2D eigenvalue weighted by Gasteiger charge is -2.23. The molecule has 0 saturated heterocycles. The fourth-order valence-corrected chi connectivity index (χ4v) is 2.02. The third-order valence-corrected chi connectivity index (χ3v) is 2.92. The lowest BCUT2D eigenvalue weighted by atomic mass is 10.2. The number of hydrogen-bond acceptors (Lipinski definition) is 3. The summed E-state index contributed by atoms with van der Waals surface area (Å²) in [6.45, 7) is -0.149. The molecule has 138 valence electrons. The highest BCUT2D eigenvalue weighted by Gasteiger charge is 2.12. The molecule has 0 radical (unpaired) electrons. The van der Waals surface area contributed by atoms with Crippen LogP contribution in [0.4, 0.5) is 8.78 Å². The van der Waals surface area contributed by atoms with Crippen molar-refractivity contribution in [3.05, 3.63) is 23.8 Å². The number of alkyl halides is 2. The Morgan fingerprint density at radius 1 is 1.17 bits per heavy atom. The van der Waals surface area contributed by atoms with Gasteiger partial charge in [-0.15, -0.1) is 24.0 Å². The number of aliphatic imine (C=N–C) groups is 1. The van der Waals surface area contributed by atoms with Crippen LogP contribution in [0.25, 0.3) is 0 Å². The zero-order chi connectivity index (χ0) is 17.4. The second-order valence-electron chi connectivity index (χ2n) is 5.40. The monoisotopic (exact) mass is 457 g/mol. The second-order valence-corrected chi connectivity index (χ2v) is 5.40. The van der Waals surface area contributed by atoms with Gasteiger partial charge >= 0.3 is 6.61 Å². The highest BCUT2D eigenvalue weighted by Crippen LogP contribution is 2.27. The molecule has 1 aromatic carbocycles. The summed E-state index contributed by atoms with van der Waals surface area (Å²) in [7, 11) is 7.49. The summed E-state index contributed by atoms with van der Waals surface area (Å²) in [5.41, 5.74) is 0.579. The van der Waals surface area contributed by atoms with Crippen molar-refractivity contribution < 1.29 is 18.3 Å². The van der Waals surface area contributed by atoms with Crippen LogP contribution in [0.15, 0.2) is 23.2 Å². The first-order valence-corrected chi connectivity index (χ1v) is 7.44. The molecular formula is C16H26F2IN3O2. The predicted molar refractivity (Wildman–Crippen MR) is 103 cm³/mol. The van der Waals surface area contributed by atoms with E-state index in [1.807, 2.05) is 44.9 Å². The Kier molecular flexibility index (Phi) is 10.7. The van der Waals surface area contributed by atoms with Gasteiger partial charge in [-0.1, -0.05) is 6.92 Å². The van der Waals surface area contributed by atoms with Crippen LogP contribution in [0.2, 0.25) is 0 Å². The van der Waals surface area contributed by atoms with Gasteiger partial charge in [0.2, 0.25) is 0 Å². The van der Waals surface area contributed by atoms with Gasteiger partial charge in [0.25, 0.3) is 0 Å². The van der Waals surface area contributed by atoms with Crippen LogP contribution in [0.5, 0.6) is 11.5 Å². The molecule has 24 heavy (non-hydrogen) atoms. The van der Waals surface area contributed by atoms with Crippen molar-refractivity contribution in [3.63, 3.8) is 0 Å². The lowest BCUT2D eigenvalue weighted by molar-refractivity contribution is -0.0505. The molecule has 0 spiro atoms. The Morgan fingerprint density at radius 3 is 2.29 bits per heavy atom. The smallest absolute Gasteiger partial charge is 0.387 e. The van der Waals surface area contributed by atoms with Crippen LogP contribution in [-0.4, -0.2) is 57.2 Å². The summed E-state index contributed by atoms with van der Waals surface area (Å²) < 4.78 is 35.3. The van der Waals surface area contributed by atoms with E-state index in [1.165, 1.54) is 6.07 Å². The van der Waals surface area contributed by atoms with E-state index in [1.54, 1.807) is 12.1 Å². The number of hydrogen-bond donors (Lipinski definition) is 0. The van der Waals surface area contributed by atoms with Crippen LogP contribution < -0.4 is 9.47 Å². The molecule has 0 saturated carbocycles. The zero-order valence-electron chi connectivity index (χ0n) is 14.8. The minimum Gasteiger partial charge on any atom is -0.493 e. The van der Waals surface area contributed by atoms with E-state index in [-0.39, 0.29) is 36.3 Å². The van der Waals surface area contributed by atoms with E-state index in [0.717, 1.165) is 12.4 Å². The molecule has 5 nitrogen and oxygen atoms in total. The molecule has 0 aliphatic rings. The minimum absolute atomic E-state index is 0. The minimum atomic E-state index is -2.89. The Bertz CT molecular complexity index is 516. The molecule has 0 unspecified atom stereocenters. The fraction of sp³-hybridized carbons (Fsp3) is 0.562. The number of rotatable bonds is 7. The highest BCUT2D eigenvalue weighted by atomic mass is 127. The van der Waals surface area contributed by atoms with E-state index in [0.29, 0.717) is 17.9 Å². The Hall–Kier alpha value is -1.32. The summed E-state index contributed by atoms with van der Waals surface area (Å²) in [6, 6.07) is 4.93. The highest BCUT2D eigenvalue weighted by molar-refractivity contribution is 14.0. The molecule has 0 N–H and O–H groups in total. The van der Waals surface area contributed by atoms with Crippen molar-refractivity contribution >= 4 is 29.9 Å². The van der Waals surface area contributed by atoms with Gasteiger partial charge in [0.15, 0.2) is 5.96 Å². The lowest BCUT2D eigenvalue weighted by Crippen LogP contribution is -2.35. The van der Waals surface area contributed by atoms with Gasteiger partial charge in [-0.3, -0.25) is 0 Å². The summed E-state index contributed by atoms with van der Waals surface area (Å²) in [4.78, 5) is 8.16. The molecule has 0 aromatic heterocycles. The molecule has 0 heterocycles. The largest absolute Gasteiger partial charge is 0.493 e. The summed E-state index contributed by atoms with van der Waals surface area (Å²) in [5.74, 6) is 1.34. The molecule has 0 bridgehead atoms. The van der Waals surface area contributed by atoms with Crippen molar-refractivity contribution in [3.8, 4) is 11.5 Å². The predicted octanol–water partition coefficient (Wildman–Crippen LogP) is 3.67. The van der Waals surface area contributed by atoms with E-state index in [9.17, 15) is 8.78 Å². The third kappa shape index (κ3) is 7.50. The molecule has 0 aliphatic carbocycles. The molecule has 8 heteroatoms. The van der Waals surface area contributed by atoms with Crippen LogP contribution in [-0.2, 0) is 6.54 Å². The number of guanidine groups is 1. The first-order valence-electron chi connectivity index (χ1n) is 7.44. The second kappa shape index (κ2) is 11.3. The summed E-state index contributed by atoms with van der Waals surface area (Å²) >= 11 is 0. The van der Waals surface area contributed by atoms with Crippen molar-refractivity contribution in [2.75, 3.05) is 34.8 Å². The average Bonchev–Trinajstić information content (AvgIpc) is 2.45. The average molecular weight is 457 g/mol. The van der Waals surface area contributed by atoms with Crippen molar-refractivity contribution in [1.29, 1.82) is 0 Å². The van der Waals surface area contributed by atoms with Crippen LogP contribution in [0.1, 0.15) is 18.9 Å². The van der Waals surface area contributed by atoms with Gasteiger partial charge in [-0.25, -0.2) is 4.99 Å². The maximum atomic E-state index is 12.6. The number of benzene rings is 1. The van der Waals surface area contributed by atoms with Gasteiger partial charge in [-0.2, -0.15) is 8.78 Å². The fourth-order valence-electron chi connectivity index (χ4n) is 2.02. The molecular weight excluding hydrogens is 431 g/mol. The standard InChI is InChI=1S/C16H25F2N3O2.HI/c1-6-9-22-13-8-7-12(14(10-13)23-15(17)18)11-19-16(20(2)3)21(4)5;/h7-8,10,15H,6,9,11H2,1-5H3;1H. The van der Waals surface area contributed by atoms with Crippen molar-refractivity contribution in [2.24, 2.45) is 4.99 Å². The molecule has 0 aliphatic heterocycles. The van der Waals surface area contributed by atoms with E-state index in [4.69, 9.17) is 4.74 Å². The van der Waals surface area contributed by atoms with E-state index < -0.39 is 6.61 Å². The van der Waals surface area contributed by atoms with Crippen LogP contribution in [0, 0.1) is 0 Å². The summed E-state index contributed by atoms with van der Waals surface area (Å²) in [5, 5.41) is 0. The van der Waals surface area contributed by atoms with Gasteiger partial charge in [-0.05, 0) is 18.6 Å². The van der Waals surface area contributed by atoms with Crippen LogP contribution >= 0.6 is 24.0 Å². The zero-order valence-corrected chi connectivity index (χ0v) is 17.1. The first-order chi connectivity index (χ1) is 10.8. The number of ether oxygens (including phenoxy) is 2. The molecule has 0 amide bonds. The van der Waals surface area contributed by atoms with Gasteiger partial charge in [0, 0.05) is 39.8 Å². The quantitative estimate of drug-likeness (QED) is 0.356. The maximum Gasteiger partial charge on any atom is 0.387 e. The van der Waals surface area contributed by atoms with Crippen LogP contribution in [0.3, 0.4) is 0 Å². The van der Waals surface area contributed by atoms with Gasteiger partial charge in [0.05, 0.1) is 13.2 Å². The van der Waals surface area contributed by atoms with Crippen molar-refractivity contribution in [2.45, 2.75) is 26.5 Å². The molecule has 1 rings (SSSR count). The molecule has 1 aromatic rings. The topological polar surface area (TPSA) is 37.3 Å². The van der Waals surface area contributed by atoms with Crippen molar-refractivity contribution in [1.82, 2.24) is 9.80 Å². The molecule has 0 fully saturated rings. The SMILES string of the molecule is CCCOc1ccc(CN=C(N(C)C)N(C)C)c(OC(F)F)c1.I. The number of nitrogens with zero attached hydrogens (tertiary/aromatic N) is 3. The number of halogens is 3. The molecule has 0 atom stereocenters. The maximum absolute atomic E-state index is 12.6. The van der Waals surface area contributed by atoms with Gasteiger partial charge in [0.1, 0.15) is 11.5 Å². The van der Waals surface area contributed by atoms with Gasteiger partial charge < -0.3 is 19.3 Å². The Morgan fingerprint density at radius 2 is 1.79 bits per heavy atom. The van der Waals surface area contributed by atoms with E-state index >= 15 is 0 Å². The Labute approximate surface area is 159 Å². The Balaban J connectivity index is 0.00000529.